The Hall–Kier alpha value is -3.00. The number of hydrogen-bond acceptors (Lipinski definition) is 4. The molecule has 1 aromatic heterocycles. The molecule has 0 aliphatic carbocycles. The van der Waals surface area contributed by atoms with E-state index in [9.17, 15) is 14.9 Å². The number of halogens is 1. The predicted molar refractivity (Wildman–Crippen MR) is 99.2 cm³/mol. The van der Waals surface area contributed by atoms with E-state index in [1.54, 1.807) is 17.0 Å². The minimum absolute atomic E-state index is 0.0136. The van der Waals surface area contributed by atoms with Crippen LogP contribution in [0.3, 0.4) is 0 Å². The second-order valence-electron chi connectivity index (χ2n) is 6.02. The van der Waals surface area contributed by atoms with Crippen molar-refractivity contribution in [3.05, 3.63) is 85.6 Å². The first kappa shape index (κ1) is 16.5. The van der Waals surface area contributed by atoms with Crippen LogP contribution in [0.15, 0.2) is 53.0 Å². The van der Waals surface area contributed by atoms with Gasteiger partial charge in [-0.05, 0) is 36.8 Å². The van der Waals surface area contributed by atoms with Gasteiger partial charge in [0.05, 0.1) is 11.0 Å². The van der Waals surface area contributed by atoms with E-state index < -0.39 is 11.0 Å². The van der Waals surface area contributed by atoms with Crippen molar-refractivity contribution in [1.29, 1.82) is 0 Å². The van der Waals surface area contributed by atoms with Crippen molar-refractivity contribution in [2.75, 3.05) is 4.90 Å². The largest absolute Gasteiger partial charge is 0.295 e. The topological polar surface area (TPSA) is 92.1 Å². The maximum atomic E-state index is 13.0. The maximum absolute atomic E-state index is 13.0. The van der Waals surface area contributed by atoms with Crippen LogP contribution in [-0.4, -0.2) is 21.0 Å². The molecule has 1 aliphatic heterocycles. The van der Waals surface area contributed by atoms with E-state index in [2.05, 4.69) is 26.1 Å². The molecule has 3 aromatic rings. The first-order valence-corrected chi connectivity index (χ1v) is 8.65. The molecule has 0 saturated carbocycles. The first-order chi connectivity index (χ1) is 12.5. The molecule has 0 bridgehead atoms. The minimum atomic E-state index is -0.475. The highest BCUT2D eigenvalue weighted by atomic mass is 79.9. The summed E-state index contributed by atoms with van der Waals surface area (Å²) in [7, 11) is 0. The highest BCUT2D eigenvalue weighted by molar-refractivity contribution is 9.10. The number of benzene rings is 2. The summed E-state index contributed by atoms with van der Waals surface area (Å²) in [6.45, 7) is 1.84. The molecule has 0 fully saturated rings. The number of aromatic nitrogens is 2. The van der Waals surface area contributed by atoms with E-state index in [-0.39, 0.29) is 11.6 Å². The summed E-state index contributed by atoms with van der Waals surface area (Å²) in [6.07, 6.45) is 0. The van der Waals surface area contributed by atoms with Gasteiger partial charge in [-0.2, -0.15) is 5.10 Å². The number of carbonyl (C=O) groups is 1. The van der Waals surface area contributed by atoms with Crippen LogP contribution in [0.25, 0.3) is 0 Å². The maximum Gasteiger partial charge on any atom is 0.279 e. The molecule has 1 N–H and O–H groups in total. The lowest BCUT2D eigenvalue weighted by atomic mass is 9.98. The number of fused-ring (bicyclic) bond motifs is 1. The zero-order valence-electron chi connectivity index (χ0n) is 13.6. The number of aryl methyl sites for hydroxylation is 1. The van der Waals surface area contributed by atoms with E-state index >= 15 is 0 Å². The van der Waals surface area contributed by atoms with Crippen molar-refractivity contribution >= 4 is 33.2 Å². The highest BCUT2D eigenvalue weighted by Crippen LogP contribution is 2.43. The lowest BCUT2D eigenvalue weighted by Crippen LogP contribution is -2.29. The molecule has 0 unspecified atom stereocenters. The molecule has 130 valence electrons. The highest BCUT2D eigenvalue weighted by Gasteiger charge is 2.42. The van der Waals surface area contributed by atoms with E-state index in [1.807, 2.05) is 31.2 Å². The fourth-order valence-electron chi connectivity index (χ4n) is 3.29. The number of carbonyl (C=O) groups excluding carboxylic acids is 1. The van der Waals surface area contributed by atoms with Gasteiger partial charge < -0.3 is 0 Å². The summed E-state index contributed by atoms with van der Waals surface area (Å²) < 4.78 is 0.898. The van der Waals surface area contributed by atoms with Gasteiger partial charge in [0, 0.05) is 33.6 Å². The molecule has 8 heteroatoms. The SMILES string of the molecule is Cc1[nH]nc2c1[C@H](c1cccc([N+](=O)[O-])c1)N(c1ccc(Br)cc1)C2=O. The summed E-state index contributed by atoms with van der Waals surface area (Å²) in [5, 5.41) is 18.2. The quantitative estimate of drug-likeness (QED) is 0.516. The molecule has 0 saturated heterocycles. The van der Waals surface area contributed by atoms with Gasteiger partial charge in [-0.25, -0.2) is 0 Å². The second kappa shape index (κ2) is 6.06. The molecule has 26 heavy (non-hydrogen) atoms. The van der Waals surface area contributed by atoms with E-state index in [4.69, 9.17) is 0 Å². The van der Waals surface area contributed by atoms with Gasteiger partial charge in [-0.1, -0.05) is 28.1 Å². The number of rotatable bonds is 3. The average Bonchev–Trinajstić information content (AvgIpc) is 3.14. The molecule has 0 radical (unpaired) electrons. The van der Waals surface area contributed by atoms with Gasteiger partial charge in [0.15, 0.2) is 5.69 Å². The molecule has 1 aliphatic rings. The summed E-state index contributed by atoms with van der Waals surface area (Å²) in [5.41, 5.74) is 3.22. The summed E-state index contributed by atoms with van der Waals surface area (Å²) in [6, 6.07) is 13.2. The van der Waals surface area contributed by atoms with Crippen molar-refractivity contribution < 1.29 is 9.72 Å². The molecule has 0 spiro atoms. The normalized spacial score (nSPS) is 16.0. The van der Waals surface area contributed by atoms with Gasteiger partial charge in [0.1, 0.15) is 0 Å². The number of nitro groups is 1. The second-order valence-corrected chi connectivity index (χ2v) is 6.93. The van der Waals surface area contributed by atoms with Gasteiger partial charge in [-0.3, -0.25) is 24.9 Å². The standard InChI is InChI=1S/C18H13BrN4O3/c1-10-15-16(21-20-10)18(24)22(13-7-5-12(19)6-8-13)17(15)11-3-2-4-14(9-11)23(25)26/h2-9,17H,1H3,(H,20,21)/t17-/m0/s1. The van der Waals surface area contributed by atoms with E-state index in [1.165, 1.54) is 12.1 Å². The summed E-state index contributed by atoms with van der Waals surface area (Å²) >= 11 is 3.39. The smallest absolute Gasteiger partial charge is 0.279 e. The molecule has 2 heterocycles. The molecule has 7 nitrogen and oxygen atoms in total. The lowest BCUT2D eigenvalue weighted by Gasteiger charge is -2.26. The molecule has 2 aromatic carbocycles. The van der Waals surface area contributed by atoms with Crippen LogP contribution in [0.2, 0.25) is 0 Å². The van der Waals surface area contributed by atoms with Crippen molar-refractivity contribution in [3.63, 3.8) is 0 Å². The third-order valence-electron chi connectivity index (χ3n) is 4.45. The van der Waals surface area contributed by atoms with Crippen LogP contribution in [0, 0.1) is 17.0 Å². The summed E-state index contributed by atoms with van der Waals surface area (Å²) in [4.78, 5) is 25.4. The average molecular weight is 413 g/mol. The third-order valence-corrected chi connectivity index (χ3v) is 4.98. The van der Waals surface area contributed by atoms with Gasteiger partial charge in [0.2, 0.25) is 0 Å². The minimum Gasteiger partial charge on any atom is -0.295 e. The first-order valence-electron chi connectivity index (χ1n) is 7.85. The molecule has 4 rings (SSSR count). The van der Waals surface area contributed by atoms with Crippen LogP contribution < -0.4 is 4.90 Å². The van der Waals surface area contributed by atoms with Crippen LogP contribution in [0.1, 0.15) is 33.4 Å². The third kappa shape index (κ3) is 2.50. The molecule has 1 amide bonds. The van der Waals surface area contributed by atoms with Crippen molar-refractivity contribution in [3.8, 4) is 0 Å². The van der Waals surface area contributed by atoms with Crippen molar-refractivity contribution in [1.82, 2.24) is 10.2 Å². The van der Waals surface area contributed by atoms with Gasteiger partial charge in [0.25, 0.3) is 11.6 Å². The van der Waals surface area contributed by atoms with Crippen LogP contribution in [0.4, 0.5) is 11.4 Å². The van der Waals surface area contributed by atoms with Crippen LogP contribution in [0.5, 0.6) is 0 Å². The fourth-order valence-corrected chi connectivity index (χ4v) is 3.55. The van der Waals surface area contributed by atoms with E-state index in [0.29, 0.717) is 16.9 Å². The molecular weight excluding hydrogens is 400 g/mol. The monoisotopic (exact) mass is 412 g/mol. The Kier molecular flexibility index (Phi) is 3.84. The number of nitro benzene ring substituents is 1. The lowest BCUT2D eigenvalue weighted by molar-refractivity contribution is -0.384. The Morgan fingerprint density at radius 1 is 1.23 bits per heavy atom. The van der Waals surface area contributed by atoms with Crippen molar-refractivity contribution in [2.24, 2.45) is 0 Å². The number of anilines is 1. The summed E-state index contributed by atoms with van der Waals surface area (Å²) in [5.74, 6) is -0.233. The Morgan fingerprint density at radius 3 is 2.65 bits per heavy atom. The zero-order valence-corrected chi connectivity index (χ0v) is 15.2. The number of hydrogen-bond donors (Lipinski definition) is 1. The van der Waals surface area contributed by atoms with Crippen LogP contribution >= 0.6 is 15.9 Å². The zero-order chi connectivity index (χ0) is 18.4. The number of nitrogens with one attached hydrogen (secondary N) is 1. The Bertz CT molecular complexity index is 1030. The Labute approximate surface area is 156 Å². The molecular formula is C18H13BrN4O3. The van der Waals surface area contributed by atoms with E-state index in [0.717, 1.165) is 15.7 Å². The number of amides is 1. The predicted octanol–water partition coefficient (Wildman–Crippen LogP) is 4.14. The fraction of sp³-hybridized carbons (Fsp3) is 0.111. The van der Waals surface area contributed by atoms with Gasteiger partial charge in [-0.15, -0.1) is 0 Å². The Balaban J connectivity index is 1.91. The van der Waals surface area contributed by atoms with Crippen LogP contribution in [-0.2, 0) is 0 Å². The number of nitrogens with zero attached hydrogens (tertiary/aromatic N) is 3. The number of non-ortho nitro benzene ring substituents is 1. The number of H-pyrrole nitrogens is 1. The number of aromatic amines is 1. The Morgan fingerprint density at radius 2 is 1.96 bits per heavy atom. The molecule has 1 atom stereocenters. The van der Waals surface area contributed by atoms with Gasteiger partial charge >= 0.3 is 0 Å². The van der Waals surface area contributed by atoms with Crippen molar-refractivity contribution in [2.45, 2.75) is 13.0 Å².